The van der Waals surface area contributed by atoms with Crippen LogP contribution in [0.3, 0.4) is 0 Å². The van der Waals surface area contributed by atoms with E-state index in [1.165, 1.54) is 0 Å². The van der Waals surface area contributed by atoms with Gasteiger partial charge in [0, 0.05) is 32.3 Å². The van der Waals surface area contributed by atoms with Gasteiger partial charge in [0.25, 0.3) is 5.91 Å². The van der Waals surface area contributed by atoms with Crippen LogP contribution in [0.15, 0.2) is 18.3 Å². The van der Waals surface area contributed by atoms with Crippen molar-refractivity contribution in [2.45, 2.75) is 19.3 Å². The second-order valence-corrected chi connectivity index (χ2v) is 5.22. The molecule has 0 spiro atoms. The van der Waals surface area contributed by atoms with Crippen LogP contribution in [-0.2, 0) is 6.42 Å². The highest BCUT2D eigenvalue weighted by atomic mass is 16.2. The molecule has 2 aromatic heterocycles. The van der Waals surface area contributed by atoms with Gasteiger partial charge in [-0.05, 0) is 25.0 Å². The zero-order valence-corrected chi connectivity index (χ0v) is 12.2. The summed E-state index contributed by atoms with van der Waals surface area (Å²) in [7, 11) is 0. The minimum Gasteiger partial charge on any atom is -0.369 e. The van der Waals surface area contributed by atoms with Crippen molar-refractivity contribution in [2.75, 3.05) is 30.7 Å². The van der Waals surface area contributed by atoms with E-state index in [4.69, 9.17) is 5.73 Å². The number of likely N-dealkylation sites (tertiary alicyclic amines) is 1. The number of hydrogen-bond donors (Lipinski definition) is 3. The van der Waals surface area contributed by atoms with Crippen molar-refractivity contribution in [3.8, 4) is 0 Å². The zero-order chi connectivity index (χ0) is 15.4. The lowest BCUT2D eigenvalue weighted by molar-refractivity contribution is 0.0793. The number of anilines is 2. The van der Waals surface area contributed by atoms with Crippen molar-refractivity contribution in [1.29, 1.82) is 0 Å². The minimum absolute atomic E-state index is 0.0389. The van der Waals surface area contributed by atoms with Crippen LogP contribution in [0, 0.1) is 0 Å². The summed E-state index contributed by atoms with van der Waals surface area (Å²) in [4.78, 5) is 22.7. The lowest BCUT2D eigenvalue weighted by Gasteiger charge is -2.17. The fourth-order valence-electron chi connectivity index (χ4n) is 2.53. The molecule has 116 valence electrons. The number of rotatable bonds is 5. The molecule has 3 rings (SSSR count). The molecule has 0 saturated carbocycles. The Kier molecular flexibility index (Phi) is 4.17. The van der Waals surface area contributed by atoms with Crippen LogP contribution in [-0.4, -0.2) is 50.6 Å². The summed E-state index contributed by atoms with van der Waals surface area (Å²) >= 11 is 0. The van der Waals surface area contributed by atoms with Crippen LogP contribution in [0.2, 0.25) is 0 Å². The van der Waals surface area contributed by atoms with Gasteiger partial charge in [0.15, 0.2) is 0 Å². The van der Waals surface area contributed by atoms with Gasteiger partial charge in [-0.25, -0.2) is 4.98 Å². The predicted octanol–water partition coefficient (Wildman–Crippen LogP) is 0.672. The maximum absolute atomic E-state index is 12.5. The van der Waals surface area contributed by atoms with Crippen molar-refractivity contribution in [3.05, 3.63) is 29.7 Å². The van der Waals surface area contributed by atoms with E-state index in [0.717, 1.165) is 25.9 Å². The molecule has 1 fully saturated rings. The maximum atomic E-state index is 12.5. The summed E-state index contributed by atoms with van der Waals surface area (Å²) in [6.45, 7) is 2.24. The lowest BCUT2D eigenvalue weighted by atomic mass is 10.2. The van der Waals surface area contributed by atoms with E-state index in [1.54, 1.807) is 12.3 Å². The first kappa shape index (κ1) is 14.3. The topological polar surface area (TPSA) is 113 Å². The minimum atomic E-state index is 0.0389. The Balaban J connectivity index is 1.64. The number of aromatic amines is 1. The van der Waals surface area contributed by atoms with Gasteiger partial charge in [0.1, 0.15) is 11.6 Å². The average Bonchev–Trinajstić information content (AvgIpc) is 3.19. The van der Waals surface area contributed by atoms with Crippen molar-refractivity contribution in [2.24, 2.45) is 0 Å². The fourth-order valence-corrected chi connectivity index (χ4v) is 2.53. The molecule has 0 bridgehead atoms. The number of nitrogens with two attached hydrogens (primary N) is 1. The number of H-pyrrole nitrogens is 1. The van der Waals surface area contributed by atoms with E-state index in [2.05, 4.69) is 25.5 Å². The molecule has 8 nitrogen and oxygen atoms in total. The maximum Gasteiger partial charge on any atom is 0.257 e. The number of hydrogen-bond acceptors (Lipinski definition) is 6. The number of nitrogen functional groups attached to an aromatic ring is 1. The van der Waals surface area contributed by atoms with Crippen molar-refractivity contribution in [1.82, 2.24) is 25.1 Å². The summed E-state index contributed by atoms with van der Waals surface area (Å²) in [6, 6.07) is 3.59. The second-order valence-electron chi connectivity index (χ2n) is 5.22. The molecule has 1 amide bonds. The van der Waals surface area contributed by atoms with E-state index >= 15 is 0 Å². The molecule has 22 heavy (non-hydrogen) atoms. The Hall–Kier alpha value is -2.64. The number of carbonyl (C=O) groups excluding carboxylic acids is 1. The van der Waals surface area contributed by atoms with Crippen molar-refractivity contribution >= 4 is 17.7 Å². The summed E-state index contributed by atoms with van der Waals surface area (Å²) < 4.78 is 0. The summed E-state index contributed by atoms with van der Waals surface area (Å²) in [6.07, 6.45) is 4.44. The molecular formula is C14H19N7O. The summed E-state index contributed by atoms with van der Waals surface area (Å²) in [5.74, 6) is 1.58. The molecule has 0 radical (unpaired) electrons. The first-order valence-corrected chi connectivity index (χ1v) is 7.39. The van der Waals surface area contributed by atoms with E-state index in [9.17, 15) is 4.79 Å². The van der Waals surface area contributed by atoms with Gasteiger partial charge in [0.05, 0.1) is 5.56 Å². The summed E-state index contributed by atoms with van der Waals surface area (Å²) in [5, 5.41) is 9.72. The molecular weight excluding hydrogens is 282 g/mol. The average molecular weight is 301 g/mol. The largest absolute Gasteiger partial charge is 0.369 e. The first-order chi connectivity index (χ1) is 10.7. The number of aromatic nitrogens is 4. The summed E-state index contributed by atoms with van der Waals surface area (Å²) in [5.41, 5.74) is 6.07. The Morgan fingerprint density at radius 1 is 1.41 bits per heavy atom. The van der Waals surface area contributed by atoms with Gasteiger partial charge in [-0.15, -0.1) is 5.10 Å². The smallest absolute Gasteiger partial charge is 0.257 e. The van der Waals surface area contributed by atoms with Gasteiger partial charge in [0.2, 0.25) is 5.95 Å². The Morgan fingerprint density at radius 3 is 2.95 bits per heavy atom. The number of nitrogens with zero attached hydrogens (tertiary/aromatic N) is 4. The molecule has 2 aromatic rings. The fraction of sp³-hybridized carbons (Fsp3) is 0.429. The molecule has 3 heterocycles. The highest BCUT2D eigenvalue weighted by Crippen LogP contribution is 2.18. The van der Waals surface area contributed by atoms with Gasteiger partial charge in [-0.3, -0.25) is 9.89 Å². The van der Waals surface area contributed by atoms with Gasteiger partial charge in [-0.2, -0.15) is 4.98 Å². The molecule has 0 aromatic carbocycles. The molecule has 1 aliphatic heterocycles. The molecule has 0 unspecified atom stereocenters. The molecule has 0 aliphatic carbocycles. The third kappa shape index (κ3) is 3.16. The van der Waals surface area contributed by atoms with Crippen LogP contribution in [0.4, 0.5) is 11.8 Å². The molecule has 1 saturated heterocycles. The molecule has 0 atom stereocenters. The van der Waals surface area contributed by atoms with E-state index in [0.29, 0.717) is 30.2 Å². The van der Waals surface area contributed by atoms with Crippen molar-refractivity contribution in [3.63, 3.8) is 0 Å². The van der Waals surface area contributed by atoms with Crippen LogP contribution < -0.4 is 11.1 Å². The number of amides is 1. The van der Waals surface area contributed by atoms with E-state index < -0.39 is 0 Å². The Bertz CT molecular complexity index is 648. The lowest BCUT2D eigenvalue weighted by Crippen LogP contribution is -2.28. The van der Waals surface area contributed by atoms with Crippen LogP contribution in [0.1, 0.15) is 29.0 Å². The van der Waals surface area contributed by atoms with Crippen LogP contribution in [0.25, 0.3) is 0 Å². The predicted molar refractivity (Wildman–Crippen MR) is 82.4 cm³/mol. The number of pyridine rings is 1. The highest BCUT2D eigenvalue weighted by molar-refractivity contribution is 5.98. The van der Waals surface area contributed by atoms with Gasteiger partial charge in [-0.1, -0.05) is 0 Å². The molecule has 4 N–H and O–H groups in total. The first-order valence-electron chi connectivity index (χ1n) is 7.39. The van der Waals surface area contributed by atoms with E-state index in [-0.39, 0.29) is 11.9 Å². The standard InChI is InChI=1S/C14H19N7O/c15-14-18-11(19-20-14)5-7-17-12-10(4-3-6-16-12)13(22)21-8-1-2-9-21/h3-4,6H,1-2,5,7-9H2,(H,16,17)(H3,15,18,19,20). The SMILES string of the molecule is Nc1n[nH]c(CCNc2ncccc2C(=O)N2CCCC2)n1. The van der Waals surface area contributed by atoms with Gasteiger partial charge >= 0.3 is 0 Å². The third-order valence-electron chi connectivity index (χ3n) is 3.63. The molecule has 1 aliphatic rings. The van der Waals surface area contributed by atoms with E-state index in [1.807, 2.05) is 11.0 Å². The number of carbonyl (C=O) groups is 1. The van der Waals surface area contributed by atoms with Crippen molar-refractivity contribution < 1.29 is 4.79 Å². The van der Waals surface area contributed by atoms with Crippen LogP contribution >= 0.6 is 0 Å². The Morgan fingerprint density at radius 2 is 2.23 bits per heavy atom. The number of nitrogens with one attached hydrogen (secondary N) is 2. The quantitative estimate of drug-likeness (QED) is 0.748. The normalized spacial score (nSPS) is 14.3. The highest BCUT2D eigenvalue weighted by Gasteiger charge is 2.22. The van der Waals surface area contributed by atoms with Gasteiger partial charge < -0.3 is 16.0 Å². The van der Waals surface area contributed by atoms with Crippen LogP contribution in [0.5, 0.6) is 0 Å². The Labute approximate surface area is 128 Å². The molecule has 8 heteroatoms. The third-order valence-corrected chi connectivity index (χ3v) is 3.63. The monoisotopic (exact) mass is 301 g/mol. The zero-order valence-electron chi connectivity index (χ0n) is 12.2. The second kappa shape index (κ2) is 6.42.